The topological polar surface area (TPSA) is 59.0 Å². The summed E-state index contributed by atoms with van der Waals surface area (Å²) in [5.74, 6) is 0.0179. The number of halogens is 1. The van der Waals surface area contributed by atoms with E-state index in [1.165, 1.54) is 12.1 Å². The summed E-state index contributed by atoms with van der Waals surface area (Å²) in [6, 6.07) is 6.43. The molecule has 0 radical (unpaired) electrons. The summed E-state index contributed by atoms with van der Waals surface area (Å²) < 4.78 is 14.8. The fraction of sp³-hybridized carbons (Fsp3) is 0.444. The zero-order valence-corrected chi connectivity index (χ0v) is 14.0. The molecule has 2 heterocycles. The van der Waals surface area contributed by atoms with Crippen LogP contribution in [0.5, 0.6) is 0 Å². The average molecular weight is 330 g/mol. The molecule has 5 nitrogen and oxygen atoms in total. The number of amides is 1. The minimum absolute atomic E-state index is 0.0582. The normalized spacial score (nSPS) is 21.6. The smallest absolute Gasteiger partial charge is 0.225 e. The molecule has 0 spiro atoms. The predicted molar refractivity (Wildman–Crippen MR) is 90.1 cm³/mol. The van der Waals surface area contributed by atoms with Gasteiger partial charge in [0.15, 0.2) is 0 Å². The molecule has 1 fully saturated rings. The summed E-state index contributed by atoms with van der Waals surface area (Å²) >= 11 is 0. The Labute approximate surface area is 141 Å². The highest BCUT2D eigenvalue weighted by Crippen LogP contribution is 2.28. The number of nitrogens with zero attached hydrogens (tertiary/aromatic N) is 2. The van der Waals surface area contributed by atoms with Gasteiger partial charge in [-0.15, -0.1) is 0 Å². The van der Waals surface area contributed by atoms with Crippen molar-refractivity contribution in [1.82, 2.24) is 20.4 Å². The summed E-state index contributed by atoms with van der Waals surface area (Å²) in [6.45, 7) is 4.04. The van der Waals surface area contributed by atoms with E-state index in [4.69, 9.17) is 0 Å². The van der Waals surface area contributed by atoms with Gasteiger partial charge in [-0.25, -0.2) is 4.39 Å². The number of benzene rings is 1. The fourth-order valence-electron chi connectivity index (χ4n) is 3.23. The zero-order chi connectivity index (χ0) is 17.1. The first-order valence-corrected chi connectivity index (χ1v) is 8.27. The zero-order valence-electron chi connectivity index (χ0n) is 14.0. The van der Waals surface area contributed by atoms with Crippen molar-refractivity contribution in [1.29, 1.82) is 0 Å². The largest absolute Gasteiger partial charge is 0.355 e. The van der Waals surface area contributed by atoms with E-state index in [0.29, 0.717) is 13.1 Å². The molecule has 128 valence electrons. The number of hydrogen-bond acceptors (Lipinski definition) is 3. The minimum atomic E-state index is -0.244. The average Bonchev–Trinajstić information content (AvgIpc) is 3.21. The standard InChI is InChI=1S/C18H23FN4O/c1-12(13-3-5-15(19)6-4-13)7-21-18(24)17-10-20-9-16(17)14-8-22-23(2)11-14/h3-6,8,11-12,16-17,20H,7,9-10H2,1-2H3,(H,21,24)/t12?,16-,17+/m1/s1. The maximum absolute atomic E-state index is 13.0. The van der Waals surface area contributed by atoms with Crippen molar-refractivity contribution >= 4 is 5.91 Å². The molecule has 0 bridgehead atoms. The van der Waals surface area contributed by atoms with Gasteiger partial charge >= 0.3 is 0 Å². The maximum atomic E-state index is 13.0. The lowest BCUT2D eigenvalue weighted by atomic mass is 9.90. The minimum Gasteiger partial charge on any atom is -0.355 e. The number of aromatic nitrogens is 2. The van der Waals surface area contributed by atoms with Gasteiger partial charge in [-0.3, -0.25) is 9.48 Å². The quantitative estimate of drug-likeness (QED) is 0.879. The van der Waals surface area contributed by atoms with Gasteiger partial charge in [0.05, 0.1) is 12.1 Å². The maximum Gasteiger partial charge on any atom is 0.225 e. The second kappa shape index (κ2) is 7.13. The molecule has 2 aromatic rings. The Morgan fingerprint density at radius 3 is 2.83 bits per heavy atom. The Morgan fingerprint density at radius 1 is 1.42 bits per heavy atom. The Morgan fingerprint density at radius 2 is 2.17 bits per heavy atom. The molecular weight excluding hydrogens is 307 g/mol. The van der Waals surface area contributed by atoms with Gasteiger partial charge in [-0.2, -0.15) is 5.10 Å². The van der Waals surface area contributed by atoms with E-state index in [9.17, 15) is 9.18 Å². The first-order valence-electron chi connectivity index (χ1n) is 8.27. The van der Waals surface area contributed by atoms with Crippen LogP contribution < -0.4 is 10.6 Å². The van der Waals surface area contributed by atoms with Crippen LogP contribution in [0.2, 0.25) is 0 Å². The molecular formula is C18H23FN4O. The third-order valence-electron chi connectivity index (χ3n) is 4.73. The van der Waals surface area contributed by atoms with Crippen LogP contribution >= 0.6 is 0 Å². The summed E-state index contributed by atoms with van der Waals surface area (Å²) in [4.78, 5) is 12.6. The van der Waals surface area contributed by atoms with Gasteiger partial charge in [-0.1, -0.05) is 19.1 Å². The van der Waals surface area contributed by atoms with E-state index in [2.05, 4.69) is 15.7 Å². The van der Waals surface area contributed by atoms with Crippen molar-refractivity contribution in [2.24, 2.45) is 13.0 Å². The van der Waals surface area contributed by atoms with E-state index in [1.807, 2.05) is 26.4 Å². The van der Waals surface area contributed by atoms with Crippen molar-refractivity contribution in [3.63, 3.8) is 0 Å². The lowest BCUT2D eigenvalue weighted by Crippen LogP contribution is -2.36. The number of carbonyl (C=O) groups is 1. The highest BCUT2D eigenvalue weighted by atomic mass is 19.1. The number of aryl methyl sites for hydroxylation is 1. The highest BCUT2D eigenvalue weighted by molar-refractivity contribution is 5.80. The van der Waals surface area contributed by atoms with Crippen LogP contribution in [-0.4, -0.2) is 35.3 Å². The molecule has 1 unspecified atom stereocenters. The van der Waals surface area contributed by atoms with E-state index in [-0.39, 0.29) is 29.5 Å². The summed E-state index contributed by atoms with van der Waals surface area (Å²) in [5.41, 5.74) is 2.11. The van der Waals surface area contributed by atoms with Gasteiger partial charge < -0.3 is 10.6 Å². The summed E-state index contributed by atoms with van der Waals surface area (Å²) in [6.07, 6.45) is 3.80. The number of hydrogen-bond donors (Lipinski definition) is 2. The number of carbonyl (C=O) groups excluding carboxylic acids is 1. The van der Waals surface area contributed by atoms with Crippen molar-refractivity contribution in [2.75, 3.05) is 19.6 Å². The fourth-order valence-corrected chi connectivity index (χ4v) is 3.23. The third kappa shape index (κ3) is 3.64. The molecule has 3 rings (SSSR count). The van der Waals surface area contributed by atoms with Gasteiger partial charge in [-0.05, 0) is 29.2 Å². The lowest BCUT2D eigenvalue weighted by molar-refractivity contribution is -0.124. The first kappa shape index (κ1) is 16.6. The summed E-state index contributed by atoms with van der Waals surface area (Å²) in [7, 11) is 1.88. The molecule has 1 aromatic carbocycles. The van der Waals surface area contributed by atoms with E-state index in [0.717, 1.165) is 17.7 Å². The van der Waals surface area contributed by atoms with Crippen LogP contribution in [0.4, 0.5) is 4.39 Å². The summed E-state index contributed by atoms with van der Waals surface area (Å²) in [5, 5.41) is 10.5. The van der Waals surface area contributed by atoms with E-state index in [1.54, 1.807) is 16.8 Å². The lowest BCUT2D eigenvalue weighted by Gasteiger charge is -2.19. The number of nitrogens with one attached hydrogen (secondary N) is 2. The van der Waals surface area contributed by atoms with Gasteiger partial charge in [0.25, 0.3) is 0 Å². The molecule has 1 amide bonds. The van der Waals surface area contributed by atoms with Crippen LogP contribution in [-0.2, 0) is 11.8 Å². The molecule has 1 aliphatic heterocycles. The monoisotopic (exact) mass is 330 g/mol. The second-order valence-corrected chi connectivity index (χ2v) is 6.52. The second-order valence-electron chi connectivity index (χ2n) is 6.52. The van der Waals surface area contributed by atoms with Crippen LogP contribution in [0.1, 0.15) is 29.9 Å². The molecule has 6 heteroatoms. The highest BCUT2D eigenvalue weighted by Gasteiger charge is 2.34. The molecule has 1 aliphatic rings. The Balaban J connectivity index is 1.59. The Bertz CT molecular complexity index is 697. The molecule has 0 saturated carbocycles. The Kier molecular flexibility index (Phi) is 4.94. The van der Waals surface area contributed by atoms with Crippen molar-refractivity contribution in [3.8, 4) is 0 Å². The Hall–Kier alpha value is -2.21. The van der Waals surface area contributed by atoms with E-state index >= 15 is 0 Å². The molecule has 24 heavy (non-hydrogen) atoms. The van der Waals surface area contributed by atoms with Crippen LogP contribution in [0.3, 0.4) is 0 Å². The molecule has 1 aromatic heterocycles. The molecule has 0 aliphatic carbocycles. The van der Waals surface area contributed by atoms with Crippen LogP contribution in [0.25, 0.3) is 0 Å². The van der Waals surface area contributed by atoms with Gasteiger partial charge in [0, 0.05) is 38.8 Å². The van der Waals surface area contributed by atoms with Crippen LogP contribution in [0.15, 0.2) is 36.7 Å². The van der Waals surface area contributed by atoms with Gasteiger partial charge in [0.2, 0.25) is 5.91 Å². The first-order chi connectivity index (χ1) is 11.5. The SMILES string of the molecule is CC(CNC(=O)[C@H]1CNC[C@@H]1c1cnn(C)c1)c1ccc(F)cc1. The molecule has 2 N–H and O–H groups in total. The number of rotatable bonds is 5. The predicted octanol–water partition coefficient (Wildman–Crippen LogP) is 1.78. The van der Waals surface area contributed by atoms with Crippen molar-refractivity contribution < 1.29 is 9.18 Å². The third-order valence-corrected chi connectivity index (χ3v) is 4.73. The van der Waals surface area contributed by atoms with Crippen LogP contribution in [0, 0.1) is 11.7 Å². The molecule has 3 atom stereocenters. The van der Waals surface area contributed by atoms with Crippen molar-refractivity contribution in [2.45, 2.75) is 18.8 Å². The van der Waals surface area contributed by atoms with Crippen molar-refractivity contribution in [3.05, 3.63) is 53.6 Å². The molecule has 1 saturated heterocycles. The van der Waals surface area contributed by atoms with Gasteiger partial charge in [0.1, 0.15) is 5.82 Å². The van der Waals surface area contributed by atoms with E-state index < -0.39 is 0 Å².